The zero-order valence-electron chi connectivity index (χ0n) is 9.22. The van der Waals surface area contributed by atoms with E-state index in [0.29, 0.717) is 16.5 Å². The van der Waals surface area contributed by atoms with Gasteiger partial charge in [0.05, 0.1) is 6.20 Å². The first-order valence-corrected chi connectivity index (χ1v) is 5.46. The lowest BCUT2D eigenvalue weighted by atomic mass is 10.3. The second-order valence-corrected chi connectivity index (χ2v) is 3.74. The van der Waals surface area contributed by atoms with Crippen LogP contribution in [-0.2, 0) is 0 Å². The smallest absolute Gasteiger partial charge is 0.307 e. The summed E-state index contributed by atoms with van der Waals surface area (Å²) in [6.07, 6.45) is 4.54. The number of carbonyl (C=O) groups is 1. The third kappa shape index (κ3) is 3.60. The molecule has 0 aliphatic rings. The number of aromatic nitrogens is 2. The normalized spacial score (nSPS) is 9.61. The highest BCUT2D eigenvalue weighted by atomic mass is 35.5. The van der Waals surface area contributed by atoms with Gasteiger partial charge in [0.2, 0.25) is 0 Å². The first-order valence-electron chi connectivity index (χ1n) is 5.08. The fourth-order valence-corrected chi connectivity index (χ4v) is 1.40. The van der Waals surface area contributed by atoms with Gasteiger partial charge in [0.15, 0.2) is 5.82 Å². The van der Waals surface area contributed by atoms with Crippen LogP contribution in [-0.4, -0.2) is 16.0 Å². The van der Waals surface area contributed by atoms with E-state index in [1.165, 1.54) is 18.6 Å². The highest BCUT2D eigenvalue weighted by Crippen LogP contribution is 2.14. The number of hydrazine groups is 1. The van der Waals surface area contributed by atoms with Gasteiger partial charge in [-0.2, -0.15) is 0 Å². The standard InChI is InChI=1S/C11H10ClN5O/c12-8-2-1-3-9(6-8)15-11(18)17-16-10-7-13-4-5-14-10/h1-7H,(H,14,16)(H2,15,17,18). The largest absolute Gasteiger partial charge is 0.337 e. The number of rotatable bonds is 3. The van der Waals surface area contributed by atoms with E-state index in [2.05, 4.69) is 26.1 Å². The lowest BCUT2D eigenvalue weighted by Crippen LogP contribution is -2.33. The number of hydrogen-bond acceptors (Lipinski definition) is 4. The Bertz CT molecular complexity index is 534. The lowest BCUT2D eigenvalue weighted by Gasteiger charge is -2.08. The summed E-state index contributed by atoms with van der Waals surface area (Å²) >= 11 is 5.80. The number of anilines is 2. The number of carbonyl (C=O) groups excluding carboxylic acids is 1. The molecule has 3 N–H and O–H groups in total. The Morgan fingerprint density at radius 2 is 2.17 bits per heavy atom. The van der Waals surface area contributed by atoms with Crippen LogP contribution in [0.4, 0.5) is 16.3 Å². The first kappa shape index (κ1) is 12.1. The Morgan fingerprint density at radius 1 is 1.28 bits per heavy atom. The van der Waals surface area contributed by atoms with E-state index in [1.54, 1.807) is 24.3 Å². The van der Waals surface area contributed by atoms with E-state index < -0.39 is 6.03 Å². The quantitative estimate of drug-likeness (QED) is 0.743. The van der Waals surface area contributed by atoms with Crippen molar-refractivity contribution in [3.05, 3.63) is 47.9 Å². The summed E-state index contributed by atoms with van der Waals surface area (Å²) in [7, 11) is 0. The highest BCUT2D eigenvalue weighted by Gasteiger charge is 2.01. The highest BCUT2D eigenvalue weighted by molar-refractivity contribution is 6.30. The molecule has 0 atom stereocenters. The summed E-state index contributed by atoms with van der Waals surface area (Å²) in [6, 6.07) is 6.41. The average molecular weight is 264 g/mol. The zero-order chi connectivity index (χ0) is 12.8. The molecule has 18 heavy (non-hydrogen) atoms. The number of benzene rings is 1. The molecule has 0 bridgehead atoms. The molecule has 7 heteroatoms. The van der Waals surface area contributed by atoms with Gasteiger partial charge >= 0.3 is 6.03 Å². The van der Waals surface area contributed by atoms with Crippen LogP contribution >= 0.6 is 11.6 Å². The van der Waals surface area contributed by atoms with Gasteiger partial charge in [-0.05, 0) is 18.2 Å². The maximum Gasteiger partial charge on any atom is 0.337 e. The monoisotopic (exact) mass is 263 g/mol. The van der Waals surface area contributed by atoms with E-state index in [4.69, 9.17) is 11.6 Å². The minimum Gasteiger partial charge on any atom is -0.307 e. The number of halogens is 1. The van der Waals surface area contributed by atoms with Gasteiger partial charge in [0.25, 0.3) is 0 Å². The Balaban J connectivity index is 1.86. The number of urea groups is 1. The van der Waals surface area contributed by atoms with Crippen molar-refractivity contribution in [2.75, 3.05) is 10.7 Å². The second kappa shape index (κ2) is 5.83. The second-order valence-electron chi connectivity index (χ2n) is 3.31. The molecule has 0 spiro atoms. The van der Waals surface area contributed by atoms with Crippen LogP contribution in [0.15, 0.2) is 42.9 Å². The van der Waals surface area contributed by atoms with Crippen molar-refractivity contribution in [3.63, 3.8) is 0 Å². The number of nitrogens with one attached hydrogen (secondary N) is 3. The summed E-state index contributed by atoms with van der Waals surface area (Å²) in [5.74, 6) is 0.443. The van der Waals surface area contributed by atoms with Gasteiger partial charge < -0.3 is 5.32 Å². The lowest BCUT2D eigenvalue weighted by molar-refractivity contribution is 0.254. The van der Waals surface area contributed by atoms with Crippen molar-refractivity contribution in [2.24, 2.45) is 0 Å². The van der Waals surface area contributed by atoms with Gasteiger partial charge in [0.1, 0.15) is 0 Å². The molecule has 0 saturated carbocycles. The molecular weight excluding hydrogens is 254 g/mol. The van der Waals surface area contributed by atoms with Crippen LogP contribution in [0.5, 0.6) is 0 Å². The Kier molecular flexibility index (Phi) is 3.93. The van der Waals surface area contributed by atoms with Crippen LogP contribution in [0, 0.1) is 0 Å². The summed E-state index contributed by atoms with van der Waals surface area (Å²) in [5.41, 5.74) is 5.63. The van der Waals surface area contributed by atoms with Crippen molar-refractivity contribution >= 4 is 29.1 Å². The topological polar surface area (TPSA) is 78.9 Å². The van der Waals surface area contributed by atoms with E-state index in [1.807, 2.05) is 0 Å². The van der Waals surface area contributed by atoms with Crippen LogP contribution in [0.25, 0.3) is 0 Å². The van der Waals surface area contributed by atoms with Gasteiger partial charge in [-0.3, -0.25) is 10.4 Å². The maximum atomic E-state index is 11.5. The molecule has 92 valence electrons. The molecule has 1 heterocycles. The minimum atomic E-state index is -0.428. The predicted octanol–water partition coefficient (Wildman–Crippen LogP) is 2.28. The summed E-state index contributed by atoms with van der Waals surface area (Å²) in [4.78, 5) is 19.3. The molecule has 2 rings (SSSR count). The molecule has 0 unspecified atom stereocenters. The van der Waals surface area contributed by atoms with E-state index in [0.717, 1.165) is 0 Å². The fourth-order valence-electron chi connectivity index (χ4n) is 1.21. The SMILES string of the molecule is O=C(NNc1cnccn1)Nc1cccc(Cl)c1. The number of amides is 2. The molecular formula is C11H10ClN5O. The molecule has 2 aromatic rings. The van der Waals surface area contributed by atoms with E-state index in [-0.39, 0.29) is 0 Å². The zero-order valence-corrected chi connectivity index (χ0v) is 9.98. The molecule has 1 aromatic heterocycles. The molecule has 1 aromatic carbocycles. The molecule has 0 saturated heterocycles. The average Bonchev–Trinajstić information content (AvgIpc) is 2.38. The Hall–Kier alpha value is -2.34. The van der Waals surface area contributed by atoms with Crippen molar-refractivity contribution in [2.45, 2.75) is 0 Å². The molecule has 0 aliphatic carbocycles. The number of hydrogen-bond donors (Lipinski definition) is 3. The molecule has 2 amide bonds. The van der Waals surface area contributed by atoms with Gasteiger partial charge in [-0.25, -0.2) is 15.2 Å². The van der Waals surface area contributed by atoms with Gasteiger partial charge in [-0.1, -0.05) is 17.7 Å². The third-order valence-electron chi connectivity index (χ3n) is 1.95. The van der Waals surface area contributed by atoms with Crippen LogP contribution < -0.4 is 16.2 Å². The van der Waals surface area contributed by atoms with Crippen molar-refractivity contribution < 1.29 is 4.79 Å². The fraction of sp³-hybridized carbons (Fsp3) is 0. The Morgan fingerprint density at radius 3 is 2.89 bits per heavy atom. The molecule has 0 aliphatic heterocycles. The number of nitrogens with zero attached hydrogens (tertiary/aromatic N) is 2. The van der Waals surface area contributed by atoms with Crippen LogP contribution in [0.3, 0.4) is 0 Å². The van der Waals surface area contributed by atoms with E-state index in [9.17, 15) is 4.79 Å². The van der Waals surface area contributed by atoms with Crippen molar-refractivity contribution in [1.29, 1.82) is 0 Å². The molecule has 6 nitrogen and oxygen atoms in total. The predicted molar refractivity (Wildman–Crippen MR) is 69.3 cm³/mol. The van der Waals surface area contributed by atoms with Gasteiger partial charge in [-0.15, -0.1) is 0 Å². The van der Waals surface area contributed by atoms with Gasteiger partial charge in [0, 0.05) is 23.1 Å². The minimum absolute atomic E-state index is 0.428. The Labute approximate surface area is 108 Å². The van der Waals surface area contributed by atoms with Crippen molar-refractivity contribution in [1.82, 2.24) is 15.4 Å². The molecule has 0 radical (unpaired) electrons. The van der Waals surface area contributed by atoms with Crippen LogP contribution in [0.1, 0.15) is 0 Å². The maximum absolute atomic E-state index is 11.5. The summed E-state index contributed by atoms with van der Waals surface area (Å²) < 4.78 is 0. The van der Waals surface area contributed by atoms with Crippen LogP contribution in [0.2, 0.25) is 5.02 Å². The van der Waals surface area contributed by atoms with E-state index >= 15 is 0 Å². The molecule has 0 fully saturated rings. The third-order valence-corrected chi connectivity index (χ3v) is 2.18. The first-order chi connectivity index (χ1) is 8.74. The van der Waals surface area contributed by atoms with Crippen molar-refractivity contribution in [3.8, 4) is 0 Å². The summed E-state index contributed by atoms with van der Waals surface area (Å²) in [5, 5.41) is 3.16. The summed E-state index contributed by atoms with van der Waals surface area (Å²) in [6.45, 7) is 0.